The predicted molar refractivity (Wildman–Crippen MR) is 87.6 cm³/mol. The van der Waals surface area contributed by atoms with Crippen LogP contribution in [0.3, 0.4) is 0 Å². The Hall–Kier alpha value is -3.53. The Morgan fingerprint density at radius 1 is 1.52 bits per heavy atom. The van der Waals surface area contributed by atoms with Gasteiger partial charge in [0.2, 0.25) is 11.8 Å². The summed E-state index contributed by atoms with van der Waals surface area (Å²) in [6.07, 6.45) is 1.41. The number of esters is 1. The van der Waals surface area contributed by atoms with Gasteiger partial charge in [-0.3, -0.25) is 4.79 Å². The zero-order chi connectivity index (χ0) is 18.2. The van der Waals surface area contributed by atoms with Crippen LogP contribution in [0.2, 0.25) is 0 Å². The van der Waals surface area contributed by atoms with Crippen LogP contribution in [0, 0.1) is 11.3 Å². The number of ether oxygens (including phenoxy) is 2. The fraction of sp³-hybridized carbons (Fsp3) is 0.167. The number of hydrogen-bond acceptors (Lipinski definition) is 6. The summed E-state index contributed by atoms with van der Waals surface area (Å²) in [7, 11) is 0. The monoisotopic (exact) mass is 337 g/mol. The molecule has 3 rings (SSSR count). The van der Waals surface area contributed by atoms with Crippen LogP contribution in [-0.4, -0.2) is 18.5 Å². The van der Waals surface area contributed by atoms with Gasteiger partial charge in [-0.1, -0.05) is 30.9 Å². The van der Waals surface area contributed by atoms with E-state index in [1.54, 1.807) is 31.2 Å². The lowest BCUT2D eigenvalue weighted by Crippen LogP contribution is -2.46. The van der Waals surface area contributed by atoms with E-state index in [4.69, 9.17) is 15.2 Å². The standard InChI is InChI=1S/C18H15N3O4/c1-3-8-24-16(22)14-10(2)21-17(23)18(14)11-6-4-5-7-13(11)25-15(20)12(18)9-19/h3-7H,1,8,20H2,2H3,(H,21,23)/t18-/m0/s1. The Morgan fingerprint density at radius 3 is 2.92 bits per heavy atom. The molecule has 0 aromatic heterocycles. The number of nitriles is 1. The summed E-state index contributed by atoms with van der Waals surface area (Å²) in [4.78, 5) is 25.6. The number of nitrogens with one attached hydrogen (secondary N) is 1. The Kier molecular flexibility index (Phi) is 3.81. The smallest absolute Gasteiger partial charge is 0.337 e. The number of benzene rings is 1. The summed E-state index contributed by atoms with van der Waals surface area (Å²) in [5, 5.41) is 12.3. The van der Waals surface area contributed by atoms with E-state index in [2.05, 4.69) is 11.9 Å². The average Bonchev–Trinajstić information content (AvgIpc) is 2.84. The van der Waals surface area contributed by atoms with Gasteiger partial charge in [0.25, 0.3) is 0 Å². The molecule has 1 atom stereocenters. The molecule has 2 aliphatic rings. The van der Waals surface area contributed by atoms with E-state index < -0.39 is 17.3 Å². The summed E-state index contributed by atoms with van der Waals surface area (Å²) in [6, 6.07) is 8.56. The third kappa shape index (κ3) is 2.11. The number of nitrogens with zero attached hydrogens (tertiary/aromatic N) is 1. The number of fused-ring (bicyclic) bond motifs is 2. The van der Waals surface area contributed by atoms with E-state index in [0.29, 0.717) is 17.0 Å². The number of rotatable bonds is 3. The minimum absolute atomic E-state index is 0.0228. The van der Waals surface area contributed by atoms with E-state index >= 15 is 0 Å². The maximum Gasteiger partial charge on any atom is 0.337 e. The second-order valence-corrected chi connectivity index (χ2v) is 5.54. The molecule has 1 spiro atoms. The zero-order valence-corrected chi connectivity index (χ0v) is 13.5. The normalized spacial score (nSPS) is 21.4. The van der Waals surface area contributed by atoms with Crippen molar-refractivity contribution in [1.82, 2.24) is 5.32 Å². The molecular formula is C18H15N3O4. The van der Waals surface area contributed by atoms with E-state index in [9.17, 15) is 14.9 Å². The summed E-state index contributed by atoms with van der Waals surface area (Å²) in [5.41, 5.74) is 4.73. The lowest BCUT2D eigenvalue weighted by atomic mass is 9.68. The molecule has 1 aromatic carbocycles. The summed E-state index contributed by atoms with van der Waals surface area (Å²) in [6.45, 7) is 5.04. The summed E-state index contributed by atoms with van der Waals surface area (Å²) >= 11 is 0. The van der Waals surface area contributed by atoms with Crippen molar-refractivity contribution in [2.75, 3.05) is 6.61 Å². The van der Waals surface area contributed by atoms with Crippen molar-refractivity contribution >= 4 is 11.9 Å². The highest BCUT2D eigenvalue weighted by molar-refractivity contribution is 6.12. The second kappa shape index (κ2) is 5.83. The highest BCUT2D eigenvalue weighted by atomic mass is 16.5. The van der Waals surface area contributed by atoms with E-state index in [0.717, 1.165) is 0 Å². The number of carbonyl (C=O) groups excluding carboxylic acids is 2. The lowest BCUT2D eigenvalue weighted by Gasteiger charge is -2.34. The number of para-hydroxylation sites is 1. The van der Waals surface area contributed by atoms with Gasteiger partial charge in [-0.2, -0.15) is 5.26 Å². The van der Waals surface area contributed by atoms with Crippen molar-refractivity contribution in [2.45, 2.75) is 12.3 Å². The van der Waals surface area contributed by atoms with Gasteiger partial charge in [0.05, 0.1) is 5.57 Å². The Labute approximate surface area is 144 Å². The number of allylic oxidation sites excluding steroid dienone is 1. The minimum Gasteiger partial charge on any atom is -0.458 e. The largest absolute Gasteiger partial charge is 0.458 e. The van der Waals surface area contributed by atoms with Crippen molar-refractivity contribution in [3.63, 3.8) is 0 Å². The maximum atomic E-state index is 13.0. The molecule has 0 radical (unpaired) electrons. The molecule has 0 saturated heterocycles. The number of amides is 1. The third-order valence-corrected chi connectivity index (χ3v) is 4.17. The van der Waals surface area contributed by atoms with Crippen LogP contribution >= 0.6 is 0 Å². The topological polar surface area (TPSA) is 114 Å². The molecule has 0 unspecified atom stereocenters. The van der Waals surface area contributed by atoms with Crippen LogP contribution in [0.4, 0.5) is 0 Å². The molecule has 0 aliphatic carbocycles. The Bertz CT molecular complexity index is 907. The van der Waals surface area contributed by atoms with Gasteiger partial charge >= 0.3 is 5.97 Å². The highest BCUT2D eigenvalue weighted by Gasteiger charge is 2.59. The van der Waals surface area contributed by atoms with E-state index in [-0.39, 0.29) is 23.6 Å². The van der Waals surface area contributed by atoms with Crippen LogP contribution in [0.15, 0.2) is 59.6 Å². The molecule has 126 valence electrons. The van der Waals surface area contributed by atoms with Crippen LogP contribution in [0.5, 0.6) is 5.75 Å². The third-order valence-electron chi connectivity index (χ3n) is 4.17. The van der Waals surface area contributed by atoms with Gasteiger partial charge in [0, 0.05) is 11.3 Å². The molecule has 3 N–H and O–H groups in total. The van der Waals surface area contributed by atoms with Gasteiger partial charge in [0.1, 0.15) is 24.0 Å². The van der Waals surface area contributed by atoms with Crippen LogP contribution < -0.4 is 15.8 Å². The fourth-order valence-electron chi connectivity index (χ4n) is 3.22. The van der Waals surface area contributed by atoms with Crippen LogP contribution in [0.25, 0.3) is 0 Å². The zero-order valence-electron chi connectivity index (χ0n) is 13.5. The van der Waals surface area contributed by atoms with Crippen LogP contribution in [-0.2, 0) is 19.7 Å². The van der Waals surface area contributed by atoms with E-state index in [1.165, 1.54) is 6.08 Å². The molecule has 2 heterocycles. The highest BCUT2D eigenvalue weighted by Crippen LogP contribution is 2.51. The SMILES string of the molecule is C=CCOC(=O)C1=C(C)NC(=O)[C@@]12C(C#N)=C(N)Oc1ccccc12. The molecular weight excluding hydrogens is 322 g/mol. The molecule has 0 bridgehead atoms. The molecule has 0 saturated carbocycles. The summed E-state index contributed by atoms with van der Waals surface area (Å²) < 4.78 is 10.6. The van der Waals surface area contributed by atoms with Crippen molar-refractivity contribution < 1.29 is 19.1 Å². The molecule has 7 nitrogen and oxygen atoms in total. The Balaban J connectivity index is 2.33. The van der Waals surface area contributed by atoms with Crippen LogP contribution in [0.1, 0.15) is 12.5 Å². The Morgan fingerprint density at radius 2 is 2.24 bits per heavy atom. The average molecular weight is 337 g/mol. The van der Waals surface area contributed by atoms with Gasteiger partial charge in [-0.05, 0) is 13.0 Å². The van der Waals surface area contributed by atoms with E-state index in [1.807, 2.05) is 6.07 Å². The number of hydrogen-bond donors (Lipinski definition) is 2. The molecule has 0 fully saturated rings. The first-order valence-corrected chi connectivity index (χ1v) is 7.47. The lowest BCUT2D eigenvalue weighted by molar-refractivity contribution is -0.139. The van der Waals surface area contributed by atoms with Gasteiger partial charge in [-0.15, -0.1) is 0 Å². The predicted octanol–water partition coefficient (Wildman–Crippen LogP) is 1.14. The first kappa shape index (κ1) is 16.3. The fourth-order valence-corrected chi connectivity index (χ4v) is 3.22. The molecule has 2 aliphatic heterocycles. The van der Waals surface area contributed by atoms with Crippen molar-refractivity contribution in [3.8, 4) is 11.8 Å². The van der Waals surface area contributed by atoms with Gasteiger partial charge < -0.3 is 20.5 Å². The number of nitrogens with two attached hydrogens (primary N) is 1. The molecule has 1 aromatic rings. The first-order chi connectivity index (χ1) is 12.0. The minimum atomic E-state index is -1.70. The quantitative estimate of drug-likeness (QED) is 0.631. The molecule has 25 heavy (non-hydrogen) atoms. The maximum absolute atomic E-state index is 13.0. The second-order valence-electron chi connectivity index (χ2n) is 5.54. The first-order valence-electron chi connectivity index (χ1n) is 7.47. The van der Waals surface area contributed by atoms with Gasteiger partial charge in [0.15, 0.2) is 5.41 Å². The van der Waals surface area contributed by atoms with Crippen molar-refractivity contribution in [1.29, 1.82) is 5.26 Å². The molecule has 7 heteroatoms. The number of carbonyl (C=O) groups is 2. The van der Waals surface area contributed by atoms with Crippen molar-refractivity contribution in [2.24, 2.45) is 5.73 Å². The van der Waals surface area contributed by atoms with Crippen molar-refractivity contribution in [3.05, 3.63) is 65.2 Å². The van der Waals surface area contributed by atoms with Gasteiger partial charge in [-0.25, -0.2) is 4.79 Å². The summed E-state index contributed by atoms with van der Waals surface area (Å²) in [5.74, 6) is -1.20. The molecule has 1 amide bonds.